The fourth-order valence-corrected chi connectivity index (χ4v) is 4.67. The molecule has 2 heterocycles. The first-order chi connectivity index (χ1) is 10.1. The van der Waals surface area contributed by atoms with E-state index in [0.717, 1.165) is 29.3 Å². The van der Waals surface area contributed by atoms with Crippen molar-refractivity contribution in [1.29, 1.82) is 0 Å². The van der Waals surface area contributed by atoms with Gasteiger partial charge in [-0.05, 0) is 25.0 Å². The van der Waals surface area contributed by atoms with Crippen molar-refractivity contribution in [3.8, 4) is 0 Å². The number of halogens is 1. The van der Waals surface area contributed by atoms with Gasteiger partial charge in [-0.2, -0.15) is 0 Å². The van der Waals surface area contributed by atoms with Crippen molar-refractivity contribution in [2.45, 2.75) is 25.4 Å². The molecule has 1 fully saturated rings. The maximum Gasteiger partial charge on any atom is 0.151 e. The first-order valence-corrected chi connectivity index (χ1v) is 9.21. The van der Waals surface area contributed by atoms with Crippen LogP contribution in [0.1, 0.15) is 18.4 Å². The number of rotatable bonds is 3. The van der Waals surface area contributed by atoms with Gasteiger partial charge in [-0.25, -0.2) is 8.42 Å². The highest BCUT2D eigenvalue weighted by Gasteiger charge is 2.24. The lowest BCUT2D eigenvalue weighted by Gasteiger charge is -2.23. The SMILES string of the molecule is O=S1(=O)CCCC(NCc2c(Cl)ccc3cccnc23)C1. The molecule has 0 bridgehead atoms. The van der Waals surface area contributed by atoms with Gasteiger partial charge in [0.15, 0.2) is 9.84 Å². The third-order valence-corrected chi connectivity index (χ3v) is 6.03. The van der Waals surface area contributed by atoms with Crippen molar-refractivity contribution < 1.29 is 8.42 Å². The Morgan fingerprint density at radius 1 is 1.33 bits per heavy atom. The van der Waals surface area contributed by atoms with E-state index in [2.05, 4.69) is 10.3 Å². The molecular formula is C15H17ClN2O2S. The predicted octanol–water partition coefficient (Wildman–Crippen LogP) is 2.56. The van der Waals surface area contributed by atoms with Gasteiger partial charge in [-0.3, -0.25) is 4.98 Å². The van der Waals surface area contributed by atoms with E-state index in [9.17, 15) is 8.42 Å². The monoisotopic (exact) mass is 324 g/mol. The van der Waals surface area contributed by atoms with E-state index in [0.29, 0.717) is 17.3 Å². The zero-order valence-electron chi connectivity index (χ0n) is 11.5. The van der Waals surface area contributed by atoms with Gasteiger partial charge in [0.1, 0.15) is 0 Å². The molecule has 3 rings (SSSR count). The minimum atomic E-state index is -2.90. The van der Waals surface area contributed by atoms with E-state index < -0.39 is 9.84 Å². The lowest BCUT2D eigenvalue weighted by molar-refractivity contribution is 0.481. The summed E-state index contributed by atoms with van der Waals surface area (Å²) >= 11 is 6.28. The number of fused-ring (bicyclic) bond motifs is 1. The van der Waals surface area contributed by atoms with Gasteiger partial charge in [0.25, 0.3) is 0 Å². The van der Waals surface area contributed by atoms with E-state index in [-0.39, 0.29) is 11.8 Å². The van der Waals surface area contributed by atoms with Gasteiger partial charge >= 0.3 is 0 Å². The number of hydrogen-bond acceptors (Lipinski definition) is 4. The van der Waals surface area contributed by atoms with Crippen LogP contribution in [0.3, 0.4) is 0 Å². The molecule has 1 aliphatic rings. The summed E-state index contributed by atoms with van der Waals surface area (Å²) in [6, 6.07) is 7.69. The van der Waals surface area contributed by atoms with E-state index in [4.69, 9.17) is 11.6 Å². The van der Waals surface area contributed by atoms with E-state index >= 15 is 0 Å². The smallest absolute Gasteiger partial charge is 0.151 e. The molecule has 1 aromatic carbocycles. The Bertz CT molecular complexity index is 761. The van der Waals surface area contributed by atoms with Crippen LogP contribution in [-0.2, 0) is 16.4 Å². The molecule has 1 aliphatic heterocycles. The van der Waals surface area contributed by atoms with Crippen LogP contribution >= 0.6 is 11.6 Å². The number of nitrogens with one attached hydrogen (secondary N) is 1. The summed E-state index contributed by atoms with van der Waals surface area (Å²) in [4.78, 5) is 4.39. The fourth-order valence-electron chi connectivity index (χ4n) is 2.78. The van der Waals surface area contributed by atoms with Crippen LogP contribution < -0.4 is 5.32 Å². The zero-order valence-corrected chi connectivity index (χ0v) is 13.1. The maximum atomic E-state index is 11.7. The minimum Gasteiger partial charge on any atom is -0.309 e. The molecule has 0 radical (unpaired) electrons. The van der Waals surface area contributed by atoms with Gasteiger partial charge < -0.3 is 5.32 Å². The molecule has 21 heavy (non-hydrogen) atoms. The summed E-state index contributed by atoms with van der Waals surface area (Å²) < 4.78 is 23.3. The van der Waals surface area contributed by atoms with Gasteiger partial charge in [-0.15, -0.1) is 0 Å². The topological polar surface area (TPSA) is 59.1 Å². The molecule has 4 nitrogen and oxygen atoms in total. The average molecular weight is 325 g/mol. The highest BCUT2D eigenvalue weighted by atomic mass is 35.5. The summed E-state index contributed by atoms with van der Waals surface area (Å²) in [5.74, 6) is 0.518. The van der Waals surface area contributed by atoms with E-state index in [1.54, 1.807) is 6.20 Å². The molecule has 1 saturated heterocycles. The Balaban J connectivity index is 1.80. The van der Waals surface area contributed by atoms with Crippen LogP contribution in [0.2, 0.25) is 5.02 Å². The van der Waals surface area contributed by atoms with Crippen LogP contribution in [0.4, 0.5) is 0 Å². The molecule has 112 valence electrons. The second-order valence-corrected chi connectivity index (χ2v) is 8.07. The summed E-state index contributed by atoms with van der Waals surface area (Å²) in [6.45, 7) is 0.535. The van der Waals surface area contributed by atoms with Crippen LogP contribution in [0, 0.1) is 0 Å². The first kappa shape index (κ1) is 14.8. The largest absolute Gasteiger partial charge is 0.309 e. The van der Waals surface area contributed by atoms with Crippen molar-refractivity contribution in [2.75, 3.05) is 11.5 Å². The lowest BCUT2D eigenvalue weighted by Crippen LogP contribution is -2.39. The summed E-state index contributed by atoms with van der Waals surface area (Å²) in [5.41, 5.74) is 1.80. The third kappa shape index (κ3) is 3.36. The highest BCUT2D eigenvalue weighted by Crippen LogP contribution is 2.25. The fraction of sp³-hybridized carbons (Fsp3) is 0.400. The van der Waals surface area contributed by atoms with Crippen molar-refractivity contribution in [3.63, 3.8) is 0 Å². The van der Waals surface area contributed by atoms with Crippen molar-refractivity contribution >= 4 is 32.3 Å². The molecule has 0 aliphatic carbocycles. The number of aromatic nitrogens is 1. The van der Waals surface area contributed by atoms with Crippen LogP contribution in [0.5, 0.6) is 0 Å². The van der Waals surface area contributed by atoms with Gasteiger partial charge in [0.2, 0.25) is 0 Å². The minimum absolute atomic E-state index is 0.00112. The van der Waals surface area contributed by atoms with Crippen molar-refractivity contribution in [3.05, 3.63) is 41.0 Å². The Kier molecular flexibility index (Phi) is 4.15. The second-order valence-electron chi connectivity index (χ2n) is 5.44. The molecule has 0 spiro atoms. The first-order valence-electron chi connectivity index (χ1n) is 7.01. The quantitative estimate of drug-likeness (QED) is 0.942. The molecule has 1 N–H and O–H groups in total. The number of benzene rings is 1. The lowest BCUT2D eigenvalue weighted by atomic mass is 10.1. The molecule has 1 unspecified atom stereocenters. The van der Waals surface area contributed by atoms with Gasteiger partial charge in [0, 0.05) is 34.8 Å². The number of hydrogen-bond donors (Lipinski definition) is 1. The van der Waals surface area contributed by atoms with Crippen LogP contribution in [-0.4, -0.2) is 30.9 Å². The predicted molar refractivity (Wildman–Crippen MR) is 85.3 cm³/mol. The third-order valence-electron chi connectivity index (χ3n) is 3.85. The van der Waals surface area contributed by atoms with E-state index in [1.807, 2.05) is 24.3 Å². The number of pyridine rings is 1. The molecule has 2 aromatic rings. The second kappa shape index (κ2) is 5.91. The molecule has 0 amide bonds. The molecule has 0 saturated carbocycles. The van der Waals surface area contributed by atoms with E-state index in [1.165, 1.54) is 0 Å². The van der Waals surface area contributed by atoms with Crippen LogP contribution in [0.15, 0.2) is 30.5 Å². The summed E-state index contributed by atoms with van der Waals surface area (Å²) in [5, 5.41) is 5.02. The van der Waals surface area contributed by atoms with Crippen molar-refractivity contribution in [2.24, 2.45) is 0 Å². The Morgan fingerprint density at radius 2 is 2.19 bits per heavy atom. The van der Waals surface area contributed by atoms with Gasteiger partial charge in [-0.1, -0.05) is 23.7 Å². The molecule has 6 heteroatoms. The average Bonchev–Trinajstić information content (AvgIpc) is 2.45. The normalized spacial score (nSPS) is 21.5. The molecule has 1 aromatic heterocycles. The highest BCUT2D eigenvalue weighted by molar-refractivity contribution is 7.91. The maximum absolute atomic E-state index is 11.7. The Labute approximate surface area is 129 Å². The van der Waals surface area contributed by atoms with Crippen LogP contribution in [0.25, 0.3) is 10.9 Å². The Morgan fingerprint density at radius 3 is 3.00 bits per heavy atom. The standard InChI is InChI=1S/C15H17ClN2O2S/c16-14-6-5-11-3-1-7-17-15(11)13(14)9-18-12-4-2-8-21(19,20)10-12/h1,3,5-7,12,18H,2,4,8-10H2. The Hall–Kier alpha value is -1.17. The summed E-state index contributed by atoms with van der Waals surface area (Å²) in [7, 11) is -2.90. The number of nitrogens with zero attached hydrogens (tertiary/aromatic N) is 1. The van der Waals surface area contributed by atoms with Crippen molar-refractivity contribution in [1.82, 2.24) is 10.3 Å². The molecular weight excluding hydrogens is 308 g/mol. The van der Waals surface area contributed by atoms with Gasteiger partial charge in [0.05, 0.1) is 17.0 Å². The zero-order chi connectivity index (χ0) is 14.9. The molecule has 1 atom stereocenters. The number of sulfone groups is 1. The summed E-state index contributed by atoms with van der Waals surface area (Å²) in [6.07, 6.45) is 3.35.